The van der Waals surface area contributed by atoms with Crippen LogP contribution in [-0.2, 0) is 11.2 Å². The number of hydrogen-bond donors (Lipinski definition) is 2. The standard InChI is InChI=1S/C18H17F3N4O.HI/c1-22-18(25-9-8-11-4-2-3-5-14(11)25)23-10-15(26)24-13-7-6-12(19)16(20)17(13)21;/h2-7H,8-10H2,1H3,(H,22,23)(H,24,26);1H. The Hall–Kier alpha value is -2.30. The molecular weight excluding hydrogens is 472 g/mol. The molecule has 2 N–H and O–H groups in total. The Labute approximate surface area is 171 Å². The van der Waals surface area contributed by atoms with Crippen molar-refractivity contribution in [1.82, 2.24) is 5.32 Å². The summed E-state index contributed by atoms with van der Waals surface area (Å²) in [5.41, 5.74) is 1.77. The lowest BCUT2D eigenvalue weighted by Gasteiger charge is -2.22. The molecule has 1 heterocycles. The molecule has 9 heteroatoms. The van der Waals surface area contributed by atoms with Gasteiger partial charge in [-0.3, -0.25) is 9.79 Å². The highest BCUT2D eigenvalue weighted by atomic mass is 127. The van der Waals surface area contributed by atoms with Crippen LogP contribution in [0.2, 0.25) is 0 Å². The molecule has 1 amide bonds. The second kappa shape index (κ2) is 9.07. The molecule has 0 fully saturated rings. The lowest BCUT2D eigenvalue weighted by molar-refractivity contribution is -0.115. The van der Waals surface area contributed by atoms with Crippen LogP contribution in [0.15, 0.2) is 41.4 Å². The normalized spacial score (nSPS) is 13.0. The fourth-order valence-corrected chi connectivity index (χ4v) is 2.83. The number of para-hydroxylation sites is 1. The third-order valence-corrected chi connectivity index (χ3v) is 4.07. The average molecular weight is 490 g/mol. The maximum atomic E-state index is 13.6. The molecule has 5 nitrogen and oxygen atoms in total. The van der Waals surface area contributed by atoms with E-state index in [9.17, 15) is 18.0 Å². The fourth-order valence-electron chi connectivity index (χ4n) is 2.83. The van der Waals surface area contributed by atoms with Gasteiger partial charge in [0.15, 0.2) is 23.4 Å². The molecule has 0 atom stereocenters. The Morgan fingerprint density at radius 2 is 1.89 bits per heavy atom. The predicted octanol–water partition coefficient (Wildman–Crippen LogP) is 3.30. The summed E-state index contributed by atoms with van der Waals surface area (Å²) < 4.78 is 39.8. The largest absolute Gasteiger partial charge is 0.347 e. The van der Waals surface area contributed by atoms with E-state index in [0.29, 0.717) is 5.96 Å². The minimum Gasteiger partial charge on any atom is -0.347 e. The molecule has 0 saturated heterocycles. The lowest BCUT2D eigenvalue weighted by Crippen LogP contribution is -2.43. The van der Waals surface area contributed by atoms with E-state index in [4.69, 9.17) is 0 Å². The summed E-state index contributed by atoms with van der Waals surface area (Å²) in [6.45, 7) is 0.516. The molecule has 2 aromatic rings. The number of fused-ring (bicyclic) bond motifs is 1. The van der Waals surface area contributed by atoms with Crippen molar-refractivity contribution in [2.75, 3.05) is 30.4 Å². The van der Waals surface area contributed by atoms with Crippen LogP contribution in [-0.4, -0.2) is 32.0 Å². The highest BCUT2D eigenvalue weighted by Crippen LogP contribution is 2.27. The summed E-state index contributed by atoms with van der Waals surface area (Å²) >= 11 is 0. The van der Waals surface area contributed by atoms with E-state index in [-0.39, 0.29) is 30.5 Å². The number of rotatable bonds is 3. The van der Waals surface area contributed by atoms with Crippen molar-refractivity contribution in [2.45, 2.75) is 6.42 Å². The van der Waals surface area contributed by atoms with Crippen LogP contribution in [0, 0.1) is 17.5 Å². The monoisotopic (exact) mass is 490 g/mol. The molecule has 3 rings (SSSR count). The van der Waals surface area contributed by atoms with Crippen molar-refractivity contribution in [1.29, 1.82) is 0 Å². The van der Waals surface area contributed by atoms with Gasteiger partial charge in [0.2, 0.25) is 5.91 Å². The van der Waals surface area contributed by atoms with Gasteiger partial charge in [-0.25, -0.2) is 13.2 Å². The van der Waals surface area contributed by atoms with Crippen molar-refractivity contribution in [3.8, 4) is 0 Å². The smallest absolute Gasteiger partial charge is 0.243 e. The first-order valence-electron chi connectivity index (χ1n) is 8.00. The molecule has 2 aromatic carbocycles. The van der Waals surface area contributed by atoms with E-state index >= 15 is 0 Å². The Kier molecular flexibility index (Phi) is 7.05. The first-order valence-corrected chi connectivity index (χ1v) is 8.00. The highest BCUT2D eigenvalue weighted by molar-refractivity contribution is 14.0. The van der Waals surface area contributed by atoms with Crippen LogP contribution < -0.4 is 15.5 Å². The number of benzene rings is 2. The molecule has 1 aliphatic rings. The lowest BCUT2D eigenvalue weighted by atomic mass is 10.2. The summed E-state index contributed by atoms with van der Waals surface area (Å²) in [5, 5.41) is 5.10. The molecule has 27 heavy (non-hydrogen) atoms. The number of guanidine groups is 1. The van der Waals surface area contributed by atoms with Gasteiger partial charge in [0.1, 0.15) is 0 Å². The van der Waals surface area contributed by atoms with Crippen molar-refractivity contribution in [2.24, 2.45) is 4.99 Å². The van der Waals surface area contributed by atoms with Crippen molar-refractivity contribution in [3.63, 3.8) is 0 Å². The maximum absolute atomic E-state index is 13.6. The zero-order valence-corrected chi connectivity index (χ0v) is 16.8. The quantitative estimate of drug-likeness (QED) is 0.301. The minimum absolute atomic E-state index is 0. The third kappa shape index (κ3) is 4.52. The number of nitrogens with zero attached hydrogens (tertiary/aromatic N) is 2. The van der Waals surface area contributed by atoms with Crippen LogP contribution in [0.1, 0.15) is 5.56 Å². The van der Waals surface area contributed by atoms with Crippen molar-refractivity contribution in [3.05, 3.63) is 59.4 Å². The molecule has 0 bridgehead atoms. The number of aliphatic imine (C=N–C) groups is 1. The third-order valence-electron chi connectivity index (χ3n) is 4.07. The first kappa shape index (κ1) is 21.0. The summed E-state index contributed by atoms with van der Waals surface area (Å²) in [7, 11) is 1.59. The number of amides is 1. The van der Waals surface area contributed by atoms with E-state index in [1.807, 2.05) is 29.2 Å². The molecule has 0 aromatic heterocycles. The topological polar surface area (TPSA) is 56.7 Å². The van der Waals surface area contributed by atoms with Crippen LogP contribution in [0.5, 0.6) is 0 Å². The molecule has 0 radical (unpaired) electrons. The zero-order chi connectivity index (χ0) is 18.7. The second-order valence-corrected chi connectivity index (χ2v) is 5.70. The Morgan fingerprint density at radius 1 is 1.15 bits per heavy atom. The summed E-state index contributed by atoms with van der Waals surface area (Å²) in [6, 6.07) is 9.59. The fraction of sp³-hybridized carbons (Fsp3) is 0.222. The number of nitrogens with one attached hydrogen (secondary N) is 2. The molecule has 0 spiro atoms. The SMILES string of the molecule is CN=C(NCC(=O)Nc1ccc(F)c(F)c1F)N1CCc2ccccc21.I. The van der Waals surface area contributed by atoms with E-state index in [0.717, 1.165) is 30.8 Å². The van der Waals surface area contributed by atoms with Crippen LogP contribution in [0.3, 0.4) is 0 Å². The first-order chi connectivity index (χ1) is 12.5. The molecule has 144 valence electrons. The summed E-state index contributed by atoms with van der Waals surface area (Å²) in [6.07, 6.45) is 0.864. The van der Waals surface area contributed by atoms with E-state index in [2.05, 4.69) is 15.6 Å². The van der Waals surface area contributed by atoms with Gasteiger partial charge < -0.3 is 15.5 Å². The van der Waals surface area contributed by atoms with Gasteiger partial charge in [0, 0.05) is 19.3 Å². The predicted molar refractivity (Wildman–Crippen MR) is 109 cm³/mol. The van der Waals surface area contributed by atoms with Gasteiger partial charge in [0.25, 0.3) is 0 Å². The van der Waals surface area contributed by atoms with Gasteiger partial charge >= 0.3 is 0 Å². The minimum atomic E-state index is -1.62. The van der Waals surface area contributed by atoms with Gasteiger partial charge in [-0.2, -0.15) is 0 Å². The number of carbonyl (C=O) groups is 1. The van der Waals surface area contributed by atoms with E-state index in [1.54, 1.807) is 7.05 Å². The van der Waals surface area contributed by atoms with Crippen LogP contribution >= 0.6 is 24.0 Å². The molecule has 0 aliphatic carbocycles. The number of anilines is 2. The second-order valence-electron chi connectivity index (χ2n) is 5.70. The summed E-state index contributed by atoms with van der Waals surface area (Å²) in [5.74, 6) is -4.48. The molecule has 1 aliphatic heterocycles. The van der Waals surface area contributed by atoms with E-state index < -0.39 is 29.0 Å². The van der Waals surface area contributed by atoms with Crippen LogP contribution in [0.4, 0.5) is 24.5 Å². The van der Waals surface area contributed by atoms with Gasteiger partial charge in [-0.15, -0.1) is 24.0 Å². The Balaban J connectivity index is 0.00000261. The Morgan fingerprint density at radius 3 is 2.63 bits per heavy atom. The number of hydrogen-bond acceptors (Lipinski definition) is 2. The van der Waals surface area contributed by atoms with Gasteiger partial charge in [-0.05, 0) is 30.2 Å². The average Bonchev–Trinajstić information content (AvgIpc) is 3.07. The van der Waals surface area contributed by atoms with Crippen LogP contribution in [0.25, 0.3) is 0 Å². The van der Waals surface area contributed by atoms with Crippen molar-refractivity contribution >= 4 is 47.2 Å². The Bertz CT molecular complexity index is 876. The molecular formula is C18H18F3IN4O. The van der Waals surface area contributed by atoms with Gasteiger partial charge in [0.05, 0.1) is 12.2 Å². The summed E-state index contributed by atoms with van der Waals surface area (Å²) in [4.78, 5) is 18.1. The highest BCUT2D eigenvalue weighted by Gasteiger charge is 2.23. The molecule has 0 unspecified atom stereocenters. The van der Waals surface area contributed by atoms with E-state index in [1.165, 1.54) is 5.56 Å². The van der Waals surface area contributed by atoms with Crippen molar-refractivity contribution < 1.29 is 18.0 Å². The zero-order valence-electron chi connectivity index (χ0n) is 14.4. The van der Waals surface area contributed by atoms with Gasteiger partial charge in [-0.1, -0.05) is 18.2 Å². The molecule has 0 saturated carbocycles. The number of halogens is 4. The number of carbonyl (C=O) groups excluding carboxylic acids is 1. The maximum Gasteiger partial charge on any atom is 0.243 e.